The third-order valence-electron chi connectivity index (χ3n) is 2.30. The van der Waals surface area contributed by atoms with E-state index in [4.69, 9.17) is 0 Å². The number of methoxy groups -OCH3 is 1. The number of piperidine rings is 1. The van der Waals surface area contributed by atoms with Gasteiger partial charge in [-0.25, -0.2) is 4.79 Å². The SMILES string of the molecule is COC(=O)C(=O)N1CCC[C@@H](C)C1. The molecule has 0 aromatic rings. The number of hydrogen-bond acceptors (Lipinski definition) is 3. The summed E-state index contributed by atoms with van der Waals surface area (Å²) in [5, 5.41) is 0. The number of nitrogens with zero attached hydrogens (tertiary/aromatic N) is 1. The van der Waals surface area contributed by atoms with E-state index in [9.17, 15) is 9.59 Å². The lowest BCUT2D eigenvalue weighted by atomic mass is 10.0. The summed E-state index contributed by atoms with van der Waals surface area (Å²) < 4.78 is 4.37. The van der Waals surface area contributed by atoms with Gasteiger partial charge in [0.05, 0.1) is 7.11 Å². The van der Waals surface area contributed by atoms with Crippen LogP contribution in [0.15, 0.2) is 0 Å². The number of likely N-dealkylation sites (tertiary alicyclic amines) is 1. The lowest BCUT2D eigenvalue weighted by molar-refractivity contribution is -0.159. The fourth-order valence-electron chi connectivity index (χ4n) is 1.59. The maximum absolute atomic E-state index is 11.3. The van der Waals surface area contributed by atoms with Crippen LogP contribution in [0.2, 0.25) is 0 Å². The minimum atomic E-state index is -0.755. The van der Waals surface area contributed by atoms with Crippen molar-refractivity contribution in [2.45, 2.75) is 19.8 Å². The molecule has 0 spiro atoms. The lowest BCUT2D eigenvalue weighted by Crippen LogP contribution is -2.43. The van der Waals surface area contributed by atoms with E-state index in [-0.39, 0.29) is 0 Å². The summed E-state index contributed by atoms with van der Waals surface area (Å²) in [6, 6.07) is 0. The Bertz CT molecular complexity index is 215. The van der Waals surface area contributed by atoms with Crippen LogP contribution in [0.1, 0.15) is 19.8 Å². The van der Waals surface area contributed by atoms with E-state index in [0.717, 1.165) is 12.8 Å². The first-order chi connectivity index (χ1) is 6.15. The fourth-order valence-corrected chi connectivity index (χ4v) is 1.59. The van der Waals surface area contributed by atoms with E-state index in [0.29, 0.717) is 19.0 Å². The predicted molar refractivity (Wildman–Crippen MR) is 47.0 cm³/mol. The maximum atomic E-state index is 11.3. The van der Waals surface area contributed by atoms with Gasteiger partial charge >= 0.3 is 11.9 Å². The zero-order valence-electron chi connectivity index (χ0n) is 8.08. The molecule has 0 aromatic carbocycles. The second-order valence-electron chi connectivity index (χ2n) is 3.49. The minimum Gasteiger partial charge on any atom is -0.462 e. The van der Waals surface area contributed by atoms with Crippen molar-refractivity contribution in [2.24, 2.45) is 5.92 Å². The summed E-state index contributed by atoms with van der Waals surface area (Å²) in [7, 11) is 1.23. The summed E-state index contributed by atoms with van der Waals surface area (Å²) in [5.41, 5.74) is 0. The van der Waals surface area contributed by atoms with Crippen molar-refractivity contribution in [1.82, 2.24) is 4.90 Å². The molecule has 1 saturated heterocycles. The summed E-state index contributed by atoms with van der Waals surface area (Å²) >= 11 is 0. The molecule has 1 aliphatic heterocycles. The first-order valence-electron chi connectivity index (χ1n) is 4.52. The van der Waals surface area contributed by atoms with Gasteiger partial charge in [0.2, 0.25) is 0 Å². The van der Waals surface area contributed by atoms with Gasteiger partial charge in [0, 0.05) is 13.1 Å². The summed E-state index contributed by atoms with van der Waals surface area (Å²) in [6.07, 6.45) is 2.11. The molecular weight excluding hydrogens is 170 g/mol. The van der Waals surface area contributed by atoms with Gasteiger partial charge in [-0.1, -0.05) is 6.92 Å². The molecule has 4 nitrogen and oxygen atoms in total. The number of hydrogen-bond donors (Lipinski definition) is 0. The van der Waals surface area contributed by atoms with Crippen molar-refractivity contribution in [1.29, 1.82) is 0 Å². The third-order valence-corrected chi connectivity index (χ3v) is 2.30. The van der Waals surface area contributed by atoms with E-state index in [1.807, 2.05) is 0 Å². The zero-order chi connectivity index (χ0) is 9.84. The molecular formula is C9H15NO3. The molecule has 1 heterocycles. The van der Waals surface area contributed by atoms with Gasteiger partial charge in [0.15, 0.2) is 0 Å². The molecule has 0 radical (unpaired) electrons. The molecule has 4 heteroatoms. The van der Waals surface area contributed by atoms with E-state index in [2.05, 4.69) is 11.7 Å². The smallest absolute Gasteiger partial charge is 0.396 e. The van der Waals surface area contributed by atoms with Crippen LogP contribution in [-0.2, 0) is 14.3 Å². The molecule has 1 rings (SSSR count). The Balaban J connectivity index is 2.51. The molecule has 1 aliphatic rings. The van der Waals surface area contributed by atoms with E-state index in [1.54, 1.807) is 4.90 Å². The van der Waals surface area contributed by atoms with Crippen LogP contribution in [0.5, 0.6) is 0 Å². The zero-order valence-corrected chi connectivity index (χ0v) is 8.08. The van der Waals surface area contributed by atoms with Crippen LogP contribution >= 0.6 is 0 Å². The maximum Gasteiger partial charge on any atom is 0.396 e. The van der Waals surface area contributed by atoms with Gasteiger partial charge in [-0.15, -0.1) is 0 Å². The topological polar surface area (TPSA) is 46.6 Å². The summed E-state index contributed by atoms with van der Waals surface area (Å²) in [5.74, 6) is -0.773. The standard InChI is InChI=1S/C9H15NO3/c1-7-4-3-5-10(6-7)8(11)9(12)13-2/h7H,3-6H2,1-2H3/t7-/m1/s1. The Morgan fingerprint density at radius 2 is 2.15 bits per heavy atom. The second kappa shape index (κ2) is 4.25. The molecule has 1 fully saturated rings. The molecule has 13 heavy (non-hydrogen) atoms. The van der Waals surface area contributed by atoms with Crippen LogP contribution in [0, 0.1) is 5.92 Å². The molecule has 0 aliphatic carbocycles. The van der Waals surface area contributed by atoms with E-state index < -0.39 is 11.9 Å². The third kappa shape index (κ3) is 2.44. The molecule has 0 bridgehead atoms. The number of rotatable bonds is 0. The average Bonchev–Trinajstić information content (AvgIpc) is 2.15. The molecule has 0 saturated carbocycles. The van der Waals surface area contributed by atoms with Crippen LogP contribution < -0.4 is 0 Å². The highest BCUT2D eigenvalue weighted by molar-refractivity contribution is 6.32. The first kappa shape index (κ1) is 10.0. The highest BCUT2D eigenvalue weighted by Gasteiger charge is 2.26. The normalized spacial score (nSPS) is 22.6. The van der Waals surface area contributed by atoms with Gasteiger partial charge in [0.25, 0.3) is 0 Å². The van der Waals surface area contributed by atoms with Crippen molar-refractivity contribution < 1.29 is 14.3 Å². The van der Waals surface area contributed by atoms with Crippen molar-refractivity contribution >= 4 is 11.9 Å². The Morgan fingerprint density at radius 3 is 2.69 bits per heavy atom. The molecule has 1 atom stereocenters. The van der Waals surface area contributed by atoms with Crippen molar-refractivity contribution in [2.75, 3.05) is 20.2 Å². The van der Waals surface area contributed by atoms with Gasteiger partial charge in [0.1, 0.15) is 0 Å². The molecule has 0 aromatic heterocycles. The highest BCUT2D eigenvalue weighted by Crippen LogP contribution is 2.15. The molecule has 0 N–H and O–H groups in total. The lowest BCUT2D eigenvalue weighted by Gasteiger charge is -2.29. The Morgan fingerprint density at radius 1 is 1.46 bits per heavy atom. The number of esters is 1. The van der Waals surface area contributed by atoms with Gasteiger partial charge in [-0.05, 0) is 18.8 Å². The Labute approximate surface area is 77.8 Å². The fraction of sp³-hybridized carbons (Fsp3) is 0.778. The monoisotopic (exact) mass is 185 g/mol. The Kier molecular flexibility index (Phi) is 3.28. The van der Waals surface area contributed by atoms with Crippen LogP contribution in [0.3, 0.4) is 0 Å². The van der Waals surface area contributed by atoms with Crippen molar-refractivity contribution in [3.63, 3.8) is 0 Å². The number of ether oxygens (including phenoxy) is 1. The van der Waals surface area contributed by atoms with Crippen LogP contribution in [-0.4, -0.2) is 37.0 Å². The number of carbonyl (C=O) groups is 2. The van der Waals surface area contributed by atoms with Gasteiger partial charge in [-0.3, -0.25) is 4.79 Å². The quantitative estimate of drug-likeness (QED) is 0.406. The number of carbonyl (C=O) groups excluding carboxylic acids is 2. The van der Waals surface area contributed by atoms with Gasteiger partial charge < -0.3 is 9.64 Å². The van der Waals surface area contributed by atoms with E-state index >= 15 is 0 Å². The average molecular weight is 185 g/mol. The highest BCUT2D eigenvalue weighted by atomic mass is 16.5. The van der Waals surface area contributed by atoms with Crippen molar-refractivity contribution in [3.8, 4) is 0 Å². The summed E-state index contributed by atoms with van der Waals surface area (Å²) in [6.45, 7) is 3.43. The van der Waals surface area contributed by atoms with Crippen LogP contribution in [0.25, 0.3) is 0 Å². The molecule has 1 amide bonds. The molecule has 74 valence electrons. The largest absolute Gasteiger partial charge is 0.462 e. The second-order valence-corrected chi connectivity index (χ2v) is 3.49. The van der Waals surface area contributed by atoms with Crippen molar-refractivity contribution in [3.05, 3.63) is 0 Å². The summed E-state index contributed by atoms with van der Waals surface area (Å²) in [4.78, 5) is 23.8. The predicted octanol–water partition coefficient (Wildman–Crippen LogP) is 0.418. The molecule has 0 unspecified atom stereocenters. The van der Waals surface area contributed by atoms with Gasteiger partial charge in [-0.2, -0.15) is 0 Å². The Hall–Kier alpha value is -1.06. The number of amides is 1. The van der Waals surface area contributed by atoms with E-state index in [1.165, 1.54) is 7.11 Å². The first-order valence-corrected chi connectivity index (χ1v) is 4.52. The van der Waals surface area contributed by atoms with Crippen LogP contribution in [0.4, 0.5) is 0 Å². The minimum absolute atomic E-state index is 0.488.